The van der Waals surface area contributed by atoms with Crippen molar-refractivity contribution in [2.75, 3.05) is 31.1 Å². The lowest BCUT2D eigenvalue weighted by Gasteiger charge is -2.38. The minimum atomic E-state index is 0.118. The van der Waals surface area contributed by atoms with Gasteiger partial charge in [0, 0.05) is 36.9 Å². The molecule has 1 saturated heterocycles. The number of nitrogens with one attached hydrogen (secondary N) is 1. The third-order valence-electron chi connectivity index (χ3n) is 5.54. The largest absolute Gasteiger partial charge is 0.368 e. The Kier molecular flexibility index (Phi) is 6.88. The van der Waals surface area contributed by atoms with Gasteiger partial charge in [0.1, 0.15) is 0 Å². The van der Waals surface area contributed by atoms with Crippen molar-refractivity contribution in [2.45, 2.75) is 12.5 Å². The van der Waals surface area contributed by atoms with Crippen LogP contribution in [0.4, 0.5) is 5.69 Å². The van der Waals surface area contributed by atoms with E-state index >= 15 is 0 Å². The Balaban J connectivity index is 1.41. The number of benzene rings is 3. The van der Waals surface area contributed by atoms with E-state index in [-0.39, 0.29) is 6.04 Å². The van der Waals surface area contributed by atoms with Crippen LogP contribution in [0, 0.1) is 0 Å². The average Bonchev–Trinajstić information content (AvgIpc) is 2.81. The van der Waals surface area contributed by atoms with Gasteiger partial charge in [-0.1, -0.05) is 72.3 Å². The molecule has 1 aliphatic rings. The Morgan fingerprint density at radius 1 is 0.833 bits per heavy atom. The number of piperazine rings is 1. The minimum absolute atomic E-state index is 0.118. The summed E-state index contributed by atoms with van der Waals surface area (Å²) in [5.74, 6) is 0. The second-order valence-electron chi connectivity index (χ2n) is 7.55. The summed E-state index contributed by atoms with van der Waals surface area (Å²) in [6, 6.07) is 29.3. The van der Waals surface area contributed by atoms with Gasteiger partial charge < -0.3 is 15.1 Å². The molecule has 1 fully saturated rings. The third-order valence-corrected chi connectivity index (χ3v) is 6.17. The van der Waals surface area contributed by atoms with Crippen molar-refractivity contribution in [3.8, 4) is 0 Å². The topological polar surface area (TPSA) is 18.5 Å². The number of halogens is 1. The van der Waals surface area contributed by atoms with Crippen LogP contribution in [0.3, 0.4) is 0 Å². The van der Waals surface area contributed by atoms with E-state index in [9.17, 15) is 0 Å². The zero-order valence-electron chi connectivity index (χ0n) is 16.9. The average molecular weight is 436 g/mol. The fourth-order valence-corrected chi connectivity index (χ4v) is 4.29. The number of hydrogen-bond donors (Lipinski definition) is 1. The molecule has 154 valence electrons. The first-order valence-electron chi connectivity index (χ1n) is 10.3. The van der Waals surface area contributed by atoms with Crippen molar-refractivity contribution in [2.24, 2.45) is 0 Å². The van der Waals surface area contributed by atoms with Crippen molar-refractivity contribution in [1.82, 2.24) is 10.2 Å². The van der Waals surface area contributed by atoms with Gasteiger partial charge in [0.05, 0.1) is 6.04 Å². The first-order chi connectivity index (χ1) is 14.7. The summed E-state index contributed by atoms with van der Waals surface area (Å²) < 4.78 is 0. The Morgan fingerprint density at radius 2 is 1.43 bits per heavy atom. The van der Waals surface area contributed by atoms with Gasteiger partial charge in [-0.3, -0.25) is 0 Å². The first kappa shape index (κ1) is 20.7. The predicted octanol–water partition coefficient (Wildman–Crippen LogP) is 5.32. The highest BCUT2D eigenvalue weighted by molar-refractivity contribution is 7.80. The van der Waals surface area contributed by atoms with Crippen molar-refractivity contribution >= 4 is 34.6 Å². The molecule has 3 nitrogen and oxygen atoms in total. The molecule has 0 spiro atoms. The van der Waals surface area contributed by atoms with Gasteiger partial charge in [0.15, 0.2) is 5.11 Å². The number of anilines is 1. The lowest BCUT2D eigenvalue weighted by Crippen LogP contribution is -2.52. The molecule has 1 heterocycles. The van der Waals surface area contributed by atoms with Crippen LogP contribution < -0.4 is 10.2 Å². The van der Waals surface area contributed by atoms with Crippen LogP contribution in [0.25, 0.3) is 0 Å². The molecule has 0 radical (unpaired) electrons. The maximum Gasteiger partial charge on any atom is 0.169 e. The molecule has 1 aliphatic heterocycles. The van der Waals surface area contributed by atoms with Crippen LogP contribution in [0.15, 0.2) is 84.9 Å². The van der Waals surface area contributed by atoms with Crippen molar-refractivity contribution in [1.29, 1.82) is 0 Å². The van der Waals surface area contributed by atoms with Crippen LogP contribution in [0.5, 0.6) is 0 Å². The summed E-state index contributed by atoms with van der Waals surface area (Å²) in [4.78, 5) is 4.70. The van der Waals surface area contributed by atoms with Gasteiger partial charge >= 0.3 is 0 Å². The number of thiocarbonyl (C=S) groups is 1. The highest BCUT2D eigenvalue weighted by Crippen LogP contribution is 2.21. The monoisotopic (exact) mass is 435 g/mol. The summed E-state index contributed by atoms with van der Waals surface area (Å²) in [5.41, 5.74) is 3.75. The van der Waals surface area contributed by atoms with Gasteiger partial charge in [-0.15, -0.1) is 0 Å². The van der Waals surface area contributed by atoms with Crippen LogP contribution in [0.1, 0.15) is 17.2 Å². The molecule has 0 aliphatic carbocycles. The lowest BCUT2D eigenvalue weighted by atomic mass is 9.99. The van der Waals surface area contributed by atoms with E-state index in [0.29, 0.717) is 0 Å². The van der Waals surface area contributed by atoms with Crippen LogP contribution in [-0.2, 0) is 6.42 Å². The molecule has 30 heavy (non-hydrogen) atoms. The number of nitrogens with zero attached hydrogens (tertiary/aromatic N) is 2. The van der Waals surface area contributed by atoms with E-state index in [4.69, 9.17) is 23.8 Å². The summed E-state index contributed by atoms with van der Waals surface area (Å²) in [5, 5.41) is 5.21. The number of para-hydroxylation sites is 1. The summed E-state index contributed by atoms with van der Waals surface area (Å²) >= 11 is 11.9. The maximum atomic E-state index is 6.06. The molecule has 1 N–H and O–H groups in total. The molecule has 0 amide bonds. The zero-order chi connectivity index (χ0) is 20.8. The van der Waals surface area contributed by atoms with Crippen LogP contribution >= 0.6 is 23.8 Å². The maximum absolute atomic E-state index is 6.06. The fraction of sp³-hybridized carbons (Fsp3) is 0.240. The molecule has 0 bridgehead atoms. The quantitative estimate of drug-likeness (QED) is 0.546. The van der Waals surface area contributed by atoms with Gasteiger partial charge in [-0.25, -0.2) is 0 Å². The molecule has 0 aromatic heterocycles. The smallest absolute Gasteiger partial charge is 0.169 e. The molecule has 1 atom stereocenters. The van der Waals surface area contributed by atoms with Crippen molar-refractivity contribution in [3.05, 3.63) is 101 Å². The van der Waals surface area contributed by atoms with Crippen LogP contribution in [-0.4, -0.2) is 36.2 Å². The van der Waals surface area contributed by atoms with Gasteiger partial charge in [-0.05, 0) is 54.0 Å². The summed E-state index contributed by atoms with van der Waals surface area (Å²) in [6.45, 7) is 3.78. The van der Waals surface area contributed by atoms with E-state index in [2.05, 4.69) is 81.8 Å². The van der Waals surface area contributed by atoms with Crippen LogP contribution in [0.2, 0.25) is 5.02 Å². The van der Waals surface area contributed by atoms with Crippen molar-refractivity contribution in [3.63, 3.8) is 0 Å². The normalized spacial score (nSPS) is 15.0. The van der Waals surface area contributed by atoms with E-state index in [1.54, 1.807) is 0 Å². The molecule has 4 rings (SSSR count). The molecule has 3 aromatic rings. The van der Waals surface area contributed by atoms with Gasteiger partial charge in [0.2, 0.25) is 0 Å². The third kappa shape index (κ3) is 5.32. The van der Waals surface area contributed by atoms with E-state index in [1.165, 1.54) is 16.8 Å². The second kappa shape index (κ2) is 9.96. The second-order valence-corrected chi connectivity index (χ2v) is 8.38. The molecule has 5 heteroatoms. The molecule has 1 unspecified atom stereocenters. The van der Waals surface area contributed by atoms with Gasteiger partial charge in [-0.2, -0.15) is 0 Å². The Bertz CT molecular complexity index is 939. The number of hydrogen-bond acceptors (Lipinski definition) is 2. The zero-order valence-corrected chi connectivity index (χ0v) is 18.4. The molecule has 3 aromatic carbocycles. The molecule has 0 saturated carbocycles. The predicted molar refractivity (Wildman–Crippen MR) is 130 cm³/mol. The van der Waals surface area contributed by atoms with E-state index in [0.717, 1.165) is 42.7 Å². The van der Waals surface area contributed by atoms with Crippen molar-refractivity contribution < 1.29 is 0 Å². The molecular weight excluding hydrogens is 410 g/mol. The number of rotatable bonds is 5. The van der Waals surface area contributed by atoms with Gasteiger partial charge in [0.25, 0.3) is 0 Å². The Hall–Kier alpha value is -2.56. The first-order valence-corrected chi connectivity index (χ1v) is 11.1. The highest BCUT2D eigenvalue weighted by atomic mass is 35.5. The van der Waals surface area contributed by atoms with E-state index in [1.807, 2.05) is 18.2 Å². The lowest BCUT2D eigenvalue weighted by molar-refractivity contribution is 0.374. The fourth-order valence-electron chi connectivity index (χ4n) is 3.84. The minimum Gasteiger partial charge on any atom is -0.368 e. The summed E-state index contributed by atoms with van der Waals surface area (Å²) in [7, 11) is 0. The standard InChI is InChI=1S/C25H26ClN3S/c26-22-13-11-20(12-14-22)19-24(21-7-3-1-4-8-21)27-25(30)29-17-15-28(16-18-29)23-9-5-2-6-10-23/h1-14,24H,15-19H2,(H,27,30). The Labute approximate surface area is 189 Å². The SMILES string of the molecule is S=C(NC(Cc1ccc(Cl)cc1)c1ccccc1)N1CCN(c2ccccc2)CC1. The highest BCUT2D eigenvalue weighted by Gasteiger charge is 2.21. The van der Waals surface area contributed by atoms with E-state index < -0.39 is 0 Å². The molecular formula is C25H26ClN3S. The summed E-state index contributed by atoms with van der Waals surface area (Å²) in [6.07, 6.45) is 0.852. The Morgan fingerprint density at radius 3 is 2.07 bits per heavy atom.